The van der Waals surface area contributed by atoms with Gasteiger partial charge in [0.25, 0.3) is 0 Å². The second kappa shape index (κ2) is 6.73. The highest BCUT2D eigenvalue weighted by atomic mass is 16.5. The molecule has 1 saturated carbocycles. The van der Waals surface area contributed by atoms with Crippen molar-refractivity contribution in [2.45, 2.75) is 59.8 Å². The monoisotopic (exact) mass is 334 g/mol. The molecule has 0 aromatic heterocycles. The number of allylic oxidation sites excluding steroid dienone is 2. The third-order valence-electron chi connectivity index (χ3n) is 5.29. The number of fused-ring (bicyclic) bond motifs is 2. The van der Waals surface area contributed by atoms with Gasteiger partial charge in [-0.1, -0.05) is 32.6 Å². The van der Waals surface area contributed by atoms with E-state index in [0.29, 0.717) is 31.6 Å². The molecule has 0 N–H and O–H groups in total. The van der Waals surface area contributed by atoms with Crippen LogP contribution in [0, 0.1) is 16.2 Å². The minimum atomic E-state index is -0.702. The molecule has 4 nitrogen and oxygen atoms in total. The number of carbonyl (C=O) groups is 2. The Morgan fingerprint density at radius 1 is 1.08 bits per heavy atom. The molecule has 0 aromatic carbocycles. The quantitative estimate of drug-likeness (QED) is 0.415. The summed E-state index contributed by atoms with van der Waals surface area (Å²) in [5, 5.41) is 0. The van der Waals surface area contributed by atoms with Crippen molar-refractivity contribution in [2.24, 2.45) is 16.2 Å². The molecule has 0 unspecified atom stereocenters. The van der Waals surface area contributed by atoms with Crippen molar-refractivity contribution in [1.82, 2.24) is 0 Å². The summed E-state index contributed by atoms with van der Waals surface area (Å²) in [4.78, 5) is 25.0. The molecule has 0 aliphatic heterocycles. The highest BCUT2D eigenvalue weighted by molar-refractivity contribution is 5.89. The summed E-state index contributed by atoms with van der Waals surface area (Å²) in [6.45, 7) is 12.6. The van der Waals surface area contributed by atoms with E-state index in [1.165, 1.54) is 0 Å². The number of esters is 2. The zero-order valence-electron chi connectivity index (χ0n) is 15.4. The van der Waals surface area contributed by atoms with E-state index in [1.807, 2.05) is 6.92 Å². The fourth-order valence-corrected chi connectivity index (χ4v) is 4.98. The average molecular weight is 334 g/mol. The molecule has 24 heavy (non-hydrogen) atoms. The lowest BCUT2D eigenvalue weighted by Gasteiger charge is -2.54. The van der Waals surface area contributed by atoms with Crippen molar-refractivity contribution >= 4 is 11.9 Å². The van der Waals surface area contributed by atoms with Crippen LogP contribution < -0.4 is 0 Å². The highest BCUT2D eigenvalue weighted by Crippen LogP contribution is 2.60. The molecule has 0 aromatic rings. The van der Waals surface area contributed by atoms with Gasteiger partial charge in [-0.15, -0.1) is 0 Å². The molecule has 2 bridgehead atoms. The number of hydrogen-bond donors (Lipinski definition) is 0. The third-order valence-corrected chi connectivity index (χ3v) is 5.29. The first-order valence-corrected chi connectivity index (χ1v) is 8.87. The molecule has 134 valence electrons. The van der Waals surface area contributed by atoms with Gasteiger partial charge in [0.15, 0.2) is 0 Å². The Hall–Kier alpha value is -1.58. The Morgan fingerprint density at radius 2 is 1.75 bits per heavy atom. The molecular weight excluding hydrogens is 304 g/mol. The van der Waals surface area contributed by atoms with Crippen LogP contribution in [0.15, 0.2) is 24.3 Å². The Morgan fingerprint density at radius 3 is 2.33 bits per heavy atom. The molecule has 2 rings (SSSR count). The van der Waals surface area contributed by atoms with Gasteiger partial charge in [-0.2, -0.15) is 0 Å². The number of hydrogen-bond acceptors (Lipinski definition) is 4. The van der Waals surface area contributed by atoms with Gasteiger partial charge < -0.3 is 9.47 Å². The Labute approximate surface area is 145 Å². The molecule has 0 spiro atoms. The highest BCUT2D eigenvalue weighted by Gasteiger charge is 2.55. The molecule has 3 atom stereocenters. The van der Waals surface area contributed by atoms with Crippen molar-refractivity contribution in [3.63, 3.8) is 0 Å². The Kier molecular flexibility index (Phi) is 5.26. The van der Waals surface area contributed by atoms with Crippen LogP contribution in [0.1, 0.15) is 59.8 Å². The lowest BCUT2D eigenvalue weighted by atomic mass is 9.50. The summed E-state index contributed by atoms with van der Waals surface area (Å²) >= 11 is 0. The second-order valence-electron chi connectivity index (χ2n) is 8.10. The Bertz CT molecular complexity index is 564. The van der Waals surface area contributed by atoms with E-state index in [2.05, 4.69) is 32.6 Å². The normalized spacial score (nSPS) is 34.5. The zero-order valence-corrected chi connectivity index (χ0v) is 15.4. The molecule has 4 heteroatoms. The van der Waals surface area contributed by atoms with Gasteiger partial charge in [0.2, 0.25) is 0 Å². The van der Waals surface area contributed by atoms with Gasteiger partial charge in [0, 0.05) is 5.57 Å². The van der Waals surface area contributed by atoms with Gasteiger partial charge in [-0.25, -0.2) is 4.79 Å². The van der Waals surface area contributed by atoms with Gasteiger partial charge in [-0.05, 0) is 56.8 Å². The summed E-state index contributed by atoms with van der Waals surface area (Å²) in [6.07, 6.45) is 8.19. The molecule has 0 heterocycles. The maximum atomic E-state index is 12.9. The van der Waals surface area contributed by atoms with Crippen molar-refractivity contribution in [3.8, 4) is 0 Å². The minimum Gasteiger partial charge on any atom is -0.466 e. The molecular formula is C20H30O4. The molecule has 2 aliphatic carbocycles. The van der Waals surface area contributed by atoms with E-state index < -0.39 is 11.4 Å². The molecule has 0 amide bonds. The summed E-state index contributed by atoms with van der Waals surface area (Å²) in [7, 11) is 0. The van der Waals surface area contributed by atoms with E-state index in [-0.39, 0.29) is 16.8 Å². The van der Waals surface area contributed by atoms with E-state index in [9.17, 15) is 9.59 Å². The van der Waals surface area contributed by atoms with Crippen LogP contribution in [0.4, 0.5) is 0 Å². The summed E-state index contributed by atoms with van der Waals surface area (Å²) in [5.41, 5.74) is -0.343. The van der Waals surface area contributed by atoms with E-state index >= 15 is 0 Å². The van der Waals surface area contributed by atoms with Crippen LogP contribution >= 0.6 is 0 Å². The average Bonchev–Trinajstić information content (AvgIpc) is 2.45. The summed E-state index contributed by atoms with van der Waals surface area (Å²) < 4.78 is 10.5. The van der Waals surface area contributed by atoms with Gasteiger partial charge >= 0.3 is 11.9 Å². The smallest absolute Gasteiger partial charge is 0.333 e. The molecule has 0 radical (unpaired) electrons. The van der Waals surface area contributed by atoms with Crippen molar-refractivity contribution < 1.29 is 19.1 Å². The van der Waals surface area contributed by atoms with Crippen LogP contribution in [0.2, 0.25) is 0 Å². The predicted octanol–water partition coefficient (Wildman–Crippen LogP) is 4.20. The first-order valence-electron chi connectivity index (χ1n) is 8.87. The van der Waals surface area contributed by atoms with E-state index in [4.69, 9.17) is 9.47 Å². The maximum absolute atomic E-state index is 12.9. The lowest BCUT2D eigenvalue weighted by molar-refractivity contribution is -0.165. The van der Waals surface area contributed by atoms with Crippen LogP contribution in [-0.2, 0) is 19.1 Å². The first-order chi connectivity index (χ1) is 11.2. The summed E-state index contributed by atoms with van der Waals surface area (Å²) in [5.74, 6) is -0.620. The minimum absolute atomic E-state index is 0.0451. The number of ether oxygens (including phenoxy) is 2. The largest absolute Gasteiger partial charge is 0.466 e. The van der Waals surface area contributed by atoms with Crippen LogP contribution in [0.25, 0.3) is 0 Å². The van der Waals surface area contributed by atoms with Crippen LogP contribution in [-0.4, -0.2) is 25.2 Å². The number of rotatable bonds is 6. The van der Waals surface area contributed by atoms with Crippen LogP contribution in [0.3, 0.4) is 0 Å². The lowest BCUT2D eigenvalue weighted by Crippen LogP contribution is -2.49. The summed E-state index contributed by atoms with van der Waals surface area (Å²) in [6, 6.07) is 0. The first kappa shape index (κ1) is 18.8. The molecule has 0 saturated heterocycles. The third kappa shape index (κ3) is 3.73. The molecule has 2 aliphatic rings. The predicted molar refractivity (Wildman–Crippen MR) is 93.3 cm³/mol. The van der Waals surface area contributed by atoms with Crippen molar-refractivity contribution in [2.75, 3.05) is 13.2 Å². The Balaban J connectivity index is 2.35. The van der Waals surface area contributed by atoms with Gasteiger partial charge in [-0.3, -0.25) is 4.79 Å². The zero-order chi connectivity index (χ0) is 18.0. The maximum Gasteiger partial charge on any atom is 0.333 e. The standard InChI is InChI=1S/C20H30O4/c1-6-23-16(21)15(3)11-20(17(22)24-7-2)13-18(4)9-8-10-19(5,12-18)14-20/h8-9H,3,6-7,10-14H2,1-2,4-5H3/t18-,19+,20-/m0/s1. The number of carbonyl (C=O) groups excluding carboxylic acids is 2. The van der Waals surface area contributed by atoms with Crippen molar-refractivity contribution in [1.29, 1.82) is 0 Å². The molecule has 1 fully saturated rings. The SMILES string of the molecule is C=C(C[C@]1(C(=O)OCC)C[C@@]2(C)C=CC[C@](C)(C2)C1)C(=O)OCC. The fraction of sp³-hybridized carbons (Fsp3) is 0.700. The van der Waals surface area contributed by atoms with E-state index in [1.54, 1.807) is 6.92 Å². The topological polar surface area (TPSA) is 52.6 Å². The van der Waals surface area contributed by atoms with Crippen molar-refractivity contribution in [3.05, 3.63) is 24.3 Å². The van der Waals surface area contributed by atoms with E-state index in [0.717, 1.165) is 19.3 Å². The second-order valence-corrected chi connectivity index (χ2v) is 8.10. The fourth-order valence-electron chi connectivity index (χ4n) is 4.98. The van der Waals surface area contributed by atoms with Gasteiger partial charge in [0.1, 0.15) is 0 Å². The van der Waals surface area contributed by atoms with Gasteiger partial charge in [0.05, 0.1) is 18.6 Å². The van der Waals surface area contributed by atoms with Crippen LogP contribution in [0.5, 0.6) is 0 Å².